The monoisotopic (exact) mass is 347 g/mol. The summed E-state index contributed by atoms with van der Waals surface area (Å²) in [6, 6.07) is 8.80. The Bertz CT molecular complexity index is 728. The molecule has 0 saturated carbocycles. The lowest BCUT2D eigenvalue weighted by atomic mass is 9.99. The molecule has 1 heterocycles. The van der Waals surface area contributed by atoms with Gasteiger partial charge in [0.05, 0.1) is 25.0 Å². The number of nitrogens with two attached hydrogens (primary N) is 1. The molecule has 0 unspecified atom stereocenters. The lowest BCUT2D eigenvalue weighted by Crippen LogP contribution is -2.05. The van der Waals surface area contributed by atoms with E-state index < -0.39 is 0 Å². The van der Waals surface area contributed by atoms with Gasteiger partial charge in [-0.2, -0.15) is 0 Å². The first-order valence-electron chi connectivity index (χ1n) is 6.53. The maximum absolute atomic E-state index is 12.7. The molecule has 21 heavy (non-hydrogen) atoms. The van der Waals surface area contributed by atoms with Crippen LogP contribution in [0.5, 0.6) is 11.5 Å². The Hall–Kier alpha value is -2.01. The van der Waals surface area contributed by atoms with Crippen molar-refractivity contribution in [3.63, 3.8) is 0 Å². The number of rotatable bonds is 3. The molecule has 2 N–H and O–H groups in total. The molecule has 0 fully saturated rings. The summed E-state index contributed by atoms with van der Waals surface area (Å²) in [7, 11) is 1.53. The third kappa shape index (κ3) is 2.49. The second kappa shape index (κ2) is 5.41. The van der Waals surface area contributed by atoms with Crippen molar-refractivity contribution in [3.8, 4) is 11.5 Å². The Balaban J connectivity index is 2.07. The van der Waals surface area contributed by atoms with Crippen molar-refractivity contribution in [1.29, 1.82) is 0 Å². The van der Waals surface area contributed by atoms with Gasteiger partial charge in [0, 0.05) is 16.5 Å². The van der Waals surface area contributed by atoms with Gasteiger partial charge in [-0.05, 0) is 35.9 Å². The summed E-state index contributed by atoms with van der Waals surface area (Å²) >= 11 is 3.44. The van der Waals surface area contributed by atoms with Gasteiger partial charge in [0.15, 0.2) is 5.78 Å². The number of hydrogen-bond acceptors (Lipinski definition) is 4. The van der Waals surface area contributed by atoms with E-state index in [0.29, 0.717) is 34.9 Å². The molecule has 3 rings (SSSR count). The summed E-state index contributed by atoms with van der Waals surface area (Å²) in [5.41, 5.74) is 8.42. The minimum absolute atomic E-state index is 0.104. The molecule has 0 aromatic heterocycles. The molecule has 2 aromatic carbocycles. The zero-order chi connectivity index (χ0) is 15.0. The zero-order valence-electron chi connectivity index (χ0n) is 11.5. The second-order valence-corrected chi connectivity index (χ2v) is 5.74. The molecular weight excluding hydrogens is 334 g/mol. The molecule has 0 aliphatic carbocycles. The maximum Gasteiger partial charge on any atom is 0.196 e. The molecule has 0 spiro atoms. The van der Waals surface area contributed by atoms with Crippen LogP contribution >= 0.6 is 15.9 Å². The molecular formula is C16H14BrNO3. The van der Waals surface area contributed by atoms with Crippen LogP contribution < -0.4 is 15.2 Å². The van der Waals surface area contributed by atoms with E-state index in [1.165, 1.54) is 7.11 Å². The van der Waals surface area contributed by atoms with Crippen molar-refractivity contribution in [3.05, 3.63) is 51.5 Å². The predicted molar refractivity (Wildman–Crippen MR) is 84.2 cm³/mol. The minimum atomic E-state index is -0.104. The predicted octanol–water partition coefficient (Wildman–Crippen LogP) is 3.21. The molecule has 1 aliphatic rings. The Kier molecular flexibility index (Phi) is 3.59. The number of anilines is 1. The van der Waals surface area contributed by atoms with E-state index in [-0.39, 0.29) is 5.78 Å². The van der Waals surface area contributed by atoms with E-state index in [4.69, 9.17) is 15.2 Å². The fourth-order valence-corrected chi connectivity index (χ4v) is 2.95. The quantitative estimate of drug-likeness (QED) is 0.684. The van der Waals surface area contributed by atoms with Crippen molar-refractivity contribution in [2.24, 2.45) is 0 Å². The van der Waals surface area contributed by atoms with Crippen molar-refractivity contribution in [1.82, 2.24) is 0 Å². The van der Waals surface area contributed by atoms with Crippen LogP contribution in [0.1, 0.15) is 21.5 Å². The standard InChI is InChI=1S/C16H14BrNO3/c1-20-14-7-9(2-3-13(14)18)15(19)12-8-11(17)6-10-4-5-21-16(10)12/h2-3,6-8H,4-5,18H2,1H3. The summed E-state index contributed by atoms with van der Waals surface area (Å²) in [5, 5.41) is 0. The number of methoxy groups -OCH3 is 1. The van der Waals surface area contributed by atoms with Crippen LogP contribution in [0.4, 0.5) is 5.69 Å². The van der Waals surface area contributed by atoms with Gasteiger partial charge in [0.2, 0.25) is 0 Å². The molecule has 4 nitrogen and oxygen atoms in total. The van der Waals surface area contributed by atoms with Gasteiger partial charge in [-0.25, -0.2) is 0 Å². The van der Waals surface area contributed by atoms with Crippen LogP contribution in [0, 0.1) is 0 Å². The summed E-state index contributed by atoms with van der Waals surface area (Å²) in [6.45, 7) is 0.608. The zero-order valence-corrected chi connectivity index (χ0v) is 13.1. The largest absolute Gasteiger partial charge is 0.495 e. The number of ketones is 1. The number of halogens is 1. The summed E-state index contributed by atoms with van der Waals surface area (Å²) < 4.78 is 11.7. The number of nitrogen functional groups attached to an aromatic ring is 1. The average Bonchev–Trinajstić information content (AvgIpc) is 2.94. The van der Waals surface area contributed by atoms with Crippen LogP contribution in [0.25, 0.3) is 0 Å². The minimum Gasteiger partial charge on any atom is -0.495 e. The molecule has 5 heteroatoms. The first-order chi connectivity index (χ1) is 10.1. The van der Waals surface area contributed by atoms with Crippen molar-refractivity contribution >= 4 is 27.4 Å². The van der Waals surface area contributed by atoms with Crippen LogP contribution in [0.15, 0.2) is 34.8 Å². The van der Waals surface area contributed by atoms with Crippen LogP contribution in [-0.2, 0) is 6.42 Å². The highest BCUT2D eigenvalue weighted by Gasteiger charge is 2.23. The number of hydrogen-bond donors (Lipinski definition) is 1. The Morgan fingerprint density at radius 3 is 2.90 bits per heavy atom. The average molecular weight is 348 g/mol. The van der Waals surface area contributed by atoms with Gasteiger partial charge >= 0.3 is 0 Å². The molecule has 2 aromatic rings. The Morgan fingerprint density at radius 2 is 2.14 bits per heavy atom. The van der Waals surface area contributed by atoms with Gasteiger partial charge in [-0.3, -0.25) is 4.79 Å². The first kappa shape index (κ1) is 13.9. The summed E-state index contributed by atoms with van der Waals surface area (Å²) in [4.78, 5) is 12.7. The molecule has 108 valence electrons. The van der Waals surface area contributed by atoms with Crippen LogP contribution in [-0.4, -0.2) is 19.5 Å². The fraction of sp³-hybridized carbons (Fsp3) is 0.188. The number of carbonyl (C=O) groups is 1. The molecule has 0 radical (unpaired) electrons. The maximum atomic E-state index is 12.7. The number of ether oxygens (including phenoxy) is 2. The highest BCUT2D eigenvalue weighted by molar-refractivity contribution is 9.10. The normalized spacial score (nSPS) is 12.7. The molecule has 0 atom stereocenters. The Labute approximate surface area is 131 Å². The molecule has 0 amide bonds. The van der Waals surface area contributed by atoms with Crippen molar-refractivity contribution in [2.75, 3.05) is 19.5 Å². The SMILES string of the molecule is COc1cc(C(=O)c2cc(Br)cc3c2OCC3)ccc1N. The van der Waals surface area contributed by atoms with Gasteiger partial charge in [-0.15, -0.1) is 0 Å². The van der Waals surface area contributed by atoms with Gasteiger partial charge in [0.25, 0.3) is 0 Å². The number of fused-ring (bicyclic) bond motifs is 1. The van der Waals surface area contributed by atoms with Crippen molar-refractivity contribution in [2.45, 2.75) is 6.42 Å². The summed E-state index contributed by atoms with van der Waals surface area (Å²) in [6.07, 6.45) is 0.820. The van der Waals surface area contributed by atoms with Crippen molar-refractivity contribution < 1.29 is 14.3 Å². The lowest BCUT2D eigenvalue weighted by Gasteiger charge is -2.10. The highest BCUT2D eigenvalue weighted by Crippen LogP contribution is 2.35. The van der Waals surface area contributed by atoms with Gasteiger partial charge < -0.3 is 15.2 Å². The van der Waals surface area contributed by atoms with Gasteiger partial charge in [0.1, 0.15) is 11.5 Å². The highest BCUT2D eigenvalue weighted by atomic mass is 79.9. The third-order valence-electron chi connectivity index (χ3n) is 3.49. The topological polar surface area (TPSA) is 61.5 Å². The van der Waals surface area contributed by atoms with Crippen LogP contribution in [0.3, 0.4) is 0 Å². The lowest BCUT2D eigenvalue weighted by molar-refractivity contribution is 0.103. The number of benzene rings is 2. The van der Waals surface area contributed by atoms with E-state index in [1.54, 1.807) is 24.3 Å². The molecule has 1 aliphatic heterocycles. The number of carbonyl (C=O) groups excluding carboxylic acids is 1. The fourth-order valence-electron chi connectivity index (χ4n) is 2.45. The van der Waals surface area contributed by atoms with E-state index in [2.05, 4.69) is 15.9 Å². The molecule has 0 saturated heterocycles. The summed E-state index contributed by atoms with van der Waals surface area (Å²) in [5.74, 6) is 1.07. The Morgan fingerprint density at radius 1 is 1.33 bits per heavy atom. The van der Waals surface area contributed by atoms with Gasteiger partial charge in [-0.1, -0.05) is 15.9 Å². The van der Waals surface area contributed by atoms with E-state index in [1.807, 2.05) is 6.07 Å². The smallest absolute Gasteiger partial charge is 0.196 e. The third-order valence-corrected chi connectivity index (χ3v) is 3.95. The first-order valence-corrected chi connectivity index (χ1v) is 7.33. The molecule has 0 bridgehead atoms. The van der Waals surface area contributed by atoms with Crippen LogP contribution in [0.2, 0.25) is 0 Å². The van der Waals surface area contributed by atoms with E-state index >= 15 is 0 Å². The second-order valence-electron chi connectivity index (χ2n) is 4.83. The van der Waals surface area contributed by atoms with E-state index in [0.717, 1.165) is 16.5 Å². The van der Waals surface area contributed by atoms with E-state index in [9.17, 15) is 4.79 Å².